The van der Waals surface area contributed by atoms with Gasteiger partial charge < -0.3 is 10.1 Å². The number of hydrogen-bond acceptors (Lipinski definition) is 6. The van der Waals surface area contributed by atoms with Crippen LogP contribution in [0.15, 0.2) is 119 Å². The Hall–Kier alpha value is -5.17. The van der Waals surface area contributed by atoms with Crippen molar-refractivity contribution in [2.24, 2.45) is 5.10 Å². The molecule has 234 valence electrons. The van der Waals surface area contributed by atoms with Gasteiger partial charge in [0, 0.05) is 0 Å². The summed E-state index contributed by atoms with van der Waals surface area (Å²) >= 11 is 0. The van der Waals surface area contributed by atoms with Crippen LogP contribution in [0.3, 0.4) is 0 Å². The highest BCUT2D eigenvalue weighted by Gasteiger charge is 2.33. The third-order valence-corrected chi connectivity index (χ3v) is 8.20. The lowest BCUT2D eigenvalue weighted by molar-refractivity contribution is -0.137. The van der Waals surface area contributed by atoms with E-state index in [1.54, 1.807) is 30.3 Å². The lowest BCUT2D eigenvalue weighted by Crippen LogP contribution is -2.39. The molecule has 2 N–H and O–H groups in total. The van der Waals surface area contributed by atoms with Crippen LogP contribution in [-0.2, 0) is 25.8 Å². The average molecular weight is 639 g/mol. The average Bonchev–Trinajstić information content (AvgIpc) is 3.03. The molecule has 4 rings (SSSR count). The quantitative estimate of drug-likeness (QED) is 0.161. The van der Waals surface area contributed by atoms with Crippen molar-refractivity contribution in [2.45, 2.75) is 24.0 Å². The van der Waals surface area contributed by atoms with E-state index in [4.69, 9.17) is 4.74 Å². The number of carbonyl (C=O) groups is 2. The molecule has 1 atom stereocenters. The largest absolute Gasteiger partial charge is 0.484 e. The van der Waals surface area contributed by atoms with Gasteiger partial charge in [0.25, 0.3) is 21.8 Å². The number of halogens is 3. The standard InChI is InChI=1S/C32H29F3N4O5S/c1-23(25-9-4-2-5-10-25)37-31(41)22-44-28-17-15-24(16-18-28)20-36-38-30(40)21-39(45(42,43)29-13-6-3-7-14-29)27-12-8-11-26(19-27)32(33,34)35/h2-20,23H,21-22H2,1H3,(H,37,41)(H,38,40)/b36-20-/t23-/m1/s1. The molecule has 0 aliphatic carbocycles. The van der Waals surface area contributed by atoms with E-state index in [0.29, 0.717) is 21.7 Å². The van der Waals surface area contributed by atoms with Gasteiger partial charge in [-0.15, -0.1) is 0 Å². The molecule has 0 saturated heterocycles. The molecule has 9 nitrogen and oxygen atoms in total. The van der Waals surface area contributed by atoms with E-state index in [0.717, 1.165) is 17.7 Å². The Morgan fingerprint density at radius 3 is 2.18 bits per heavy atom. The number of amides is 2. The van der Waals surface area contributed by atoms with E-state index < -0.39 is 34.2 Å². The zero-order valence-corrected chi connectivity index (χ0v) is 24.8. The first-order valence-electron chi connectivity index (χ1n) is 13.6. The number of sulfonamides is 1. The van der Waals surface area contributed by atoms with Crippen molar-refractivity contribution < 1.29 is 35.9 Å². The molecule has 0 spiro atoms. The Kier molecular flexibility index (Phi) is 10.6. The monoisotopic (exact) mass is 638 g/mol. The second-order valence-electron chi connectivity index (χ2n) is 9.72. The zero-order valence-electron chi connectivity index (χ0n) is 23.9. The second kappa shape index (κ2) is 14.5. The summed E-state index contributed by atoms with van der Waals surface area (Å²) < 4.78 is 72.9. The van der Waals surface area contributed by atoms with Crippen LogP contribution in [0.1, 0.15) is 29.7 Å². The Morgan fingerprint density at radius 1 is 0.889 bits per heavy atom. The van der Waals surface area contributed by atoms with Gasteiger partial charge in [0.15, 0.2) is 6.61 Å². The molecule has 0 saturated carbocycles. The number of rotatable bonds is 12. The van der Waals surface area contributed by atoms with Crippen molar-refractivity contribution in [3.63, 3.8) is 0 Å². The summed E-state index contributed by atoms with van der Waals surface area (Å²) in [5, 5.41) is 6.69. The maximum atomic E-state index is 13.4. The number of hydrazone groups is 1. The predicted molar refractivity (Wildman–Crippen MR) is 163 cm³/mol. The topological polar surface area (TPSA) is 117 Å². The van der Waals surface area contributed by atoms with Crippen molar-refractivity contribution in [3.05, 3.63) is 126 Å². The first kappa shape index (κ1) is 32.7. The van der Waals surface area contributed by atoms with Gasteiger partial charge in [0.1, 0.15) is 12.3 Å². The molecule has 0 aliphatic heterocycles. The minimum absolute atomic E-state index is 0.188. The van der Waals surface area contributed by atoms with Gasteiger partial charge in [0.2, 0.25) is 0 Å². The van der Waals surface area contributed by atoms with Crippen molar-refractivity contribution >= 4 is 33.7 Å². The Labute approximate surface area is 258 Å². The van der Waals surface area contributed by atoms with E-state index in [1.165, 1.54) is 36.5 Å². The van der Waals surface area contributed by atoms with Crippen LogP contribution in [0.4, 0.5) is 18.9 Å². The lowest BCUT2D eigenvalue weighted by atomic mass is 10.1. The number of ether oxygens (including phenoxy) is 1. The van der Waals surface area contributed by atoms with Crippen LogP contribution in [0, 0.1) is 0 Å². The molecular formula is C32H29F3N4O5S. The van der Waals surface area contributed by atoms with E-state index in [1.807, 2.05) is 37.3 Å². The Bertz CT molecular complexity index is 1730. The van der Waals surface area contributed by atoms with Crippen LogP contribution in [-0.4, -0.2) is 39.6 Å². The highest BCUT2D eigenvalue weighted by molar-refractivity contribution is 7.92. The van der Waals surface area contributed by atoms with Crippen LogP contribution >= 0.6 is 0 Å². The minimum Gasteiger partial charge on any atom is -0.484 e. The van der Waals surface area contributed by atoms with Crippen molar-refractivity contribution in [1.29, 1.82) is 0 Å². The molecule has 45 heavy (non-hydrogen) atoms. The van der Waals surface area contributed by atoms with Gasteiger partial charge in [-0.3, -0.25) is 13.9 Å². The van der Waals surface area contributed by atoms with Gasteiger partial charge in [0.05, 0.1) is 28.4 Å². The second-order valence-corrected chi connectivity index (χ2v) is 11.6. The summed E-state index contributed by atoms with van der Waals surface area (Å²) in [5.41, 5.74) is 2.29. The molecular weight excluding hydrogens is 609 g/mol. The van der Waals surface area contributed by atoms with Crippen LogP contribution in [0.5, 0.6) is 5.75 Å². The van der Waals surface area contributed by atoms with Gasteiger partial charge >= 0.3 is 6.18 Å². The molecule has 0 unspecified atom stereocenters. The third kappa shape index (κ3) is 9.16. The van der Waals surface area contributed by atoms with Crippen molar-refractivity contribution in [3.8, 4) is 5.75 Å². The molecule has 0 radical (unpaired) electrons. The molecule has 2 amide bonds. The van der Waals surface area contributed by atoms with Gasteiger partial charge in [-0.05, 0) is 72.6 Å². The molecule has 0 heterocycles. The normalized spacial score (nSPS) is 12.4. The molecule has 0 aliphatic rings. The number of hydrogen-bond donors (Lipinski definition) is 2. The maximum Gasteiger partial charge on any atom is 0.416 e. The highest BCUT2D eigenvalue weighted by Crippen LogP contribution is 2.33. The fourth-order valence-electron chi connectivity index (χ4n) is 4.12. The highest BCUT2D eigenvalue weighted by atomic mass is 32.2. The molecule has 4 aromatic rings. The van der Waals surface area contributed by atoms with E-state index >= 15 is 0 Å². The molecule has 4 aromatic carbocycles. The summed E-state index contributed by atoms with van der Waals surface area (Å²) in [4.78, 5) is 24.8. The Balaban J connectivity index is 1.37. The van der Waals surface area contributed by atoms with Gasteiger partial charge in [-0.25, -0.2) is 13.8 Å². The smallest absolute Gasteiger partial charge is 0.416 e. The molecule has 0 bridgehead atoms. The predicted octanol–water partition coefficient (Wildman–Crippen LogP) is 5.31. The summed E-state index contributed by atoms with van der Waals surface area (Å²) in [6, 6.07) is 26.5. The third-order valence-electron chi connectivity index (χ3n) is 6.41. The van der Waals surface area contributed by atoms with E-state index in [9.17, 15) is 31.2 Å². The molecule has 0 fully saturated rings. The number of alkyl halides is 3. The van der Waals surface area contributed by atoms with Gasteiger partial charge in [-0.2, -0.15) is 18.3 Å². The summed E-state index contributed by atoms with van der Waals surface area (Å²) in [6.45, 7) is 0.827. The van der Waals surface area contributed by atoms with E-state index in [2.05, 4.69) is 15.8 Å². The van der Waals surface area contributed by atoms with Crippen LogP contribution < -0.4 is 19.8 Å². The zero-order chi connectivity index (χ0) is 32.5. The SMILES string of the molecule is C[C@@H](NC(=O)COc1ccc(/C=N\NC(=O)CN(c2cccc(C(F)(F)F)c2)S(=O)(=O)c2ccccc2)cc1)c1ccccc1. The summed E-state index contributed by atoms with van der Waals surface area (Å²) in [6.07, 6.45) is -3.44. The lowest BCUT2D eigenvalue weighted by Gasteiger charge is -2.24. The minimum atomic E-state index is -4.72. The maximum absolute atomic E-state index is 13.4. The first-order valence-corrected chi connectivity index (χ1v) is 15.0. The number of benzene rings is 4. The number of nitrogens with zero attached hydrogens (tertiary/aromatic N) is 2. The Morgan fingerprint density at radius 2 is 1.53 bits per heavy atom. The van der Waals surface area contributed by atoms with Crippen LogP contribution in [0.25, 0.3) is 0 Å². The number of anilines is 1. The van der Waals surface area contributed by atoms with Gasteiger partial charge in [-0.1, -0.05) is 54.6 Å². The van der Waals surface area contributed by atoms with Crippen molar-refractivity contribution in [2.75, 3.05) is 17.5 Å². The molecule has 0 aromatic heterocycles. The fraction of sp³-hybridized carbons (Fsp3) is 0.156. The first-order chi connectivity index (χ1) is 21.4. The summed E-state index contributed by atoms with van der Waals surface area (Å²) in [7, 11) is -4.42. The fourth-order valence-corrected chi connectivity index (χ4v) is 5.56. The van der Waals surface area contributed by atoms with Crippen LogP contribution in [0.2, 0.25) is 0 Å². The van der Waals surface area contributed by atoms with Crippen molar-refractivity contribution in [1.82, 2.24) is 10.7 Å². The molecule has 13 heteroatoms. The van der Waals surface area contributed by atoms with E-state index in [-0.39, 0.29) is 29.1 Å². The summed E-state index contributed by atoms with van der Waals surface area (Å²) in [5.74, 6) is -0.770. The number of nitrogens with one attached hydrogen (secondary N) is 2. The number of carbonyl (C=O) groups excluding carboxylic acids is 2.